The second-order valence-corrected chi connectivity index (χ2v) is 6.03. The molecule has 2 rings (SSSR count). The molecule has 3 N–H and O–H groups in total. The average molecular weight is 291 g/mol. The Morgan fingerprint density at radius 1 is 1.24 bits per heavy atom. The molecule has 0 bridgehead atoms. The van der Waals surface area contributed by atoms with Gasteiger partial charge in [0.25, 0.3) is 0 Å². The van der Waals surface area contributed by atoms with E-state index in [1.54, 1.807) is 12.1 Å². The van der Waals surface area contributed by atoms with Crippen molar-refractivity contribution in [2.24, 2.45) is 5.92 Å². The highest BCUT2D eigenvalue weighted by Gasteiger charge is 2.28. The maximum absolute atomic E-state index is 11.2. The van der Waals surface area contributed by atoms with Gasteiger partial charge in [-0.25, -0.2) is 0 Å². The third-order valence-corrected chi connectivity index (χ3v) is 4.40. The standard InChI is InChI=1S/C17H25NO3/c1-12(17(21)14-4-8-16(20)9-5-14)18-11-10-13-2-6-15(19)7-3-13/h2-3,6-7,12,14,17-19,21H,4-5,8-11H2,1H3/t12-,17+/m1/s1. The van der Waals surface area contributed by atoms with Crippen LogP contribution < -0.4 is 5.32 Å². The number of rotatable bonds is 6. The highest BCUT2D eigenvalue weighted by Crippen LogP contribution is 2.26. The van der Waals surface area contributed by atoms with Crippen molar-refractivity contribution in [1.29, 1.82) is 0 Å². The molecule has 4 heteroatoms. The number of aliphatic hydroxyl groups is 1. The number of Topliss-reactive ketones (excluding diaryl/α,β-unsaturated/α-hetero) is 1. The van der Waals surface area contributed by atoms with Crippen LogP contribution in [0.25, 0.3) is 0 Å². The minimum atomic E-state index is -0.391. The summed E-state index contributed by atoms with van der Waals surface area (Å²) in [5, 5.41) is 22.9. The zero-order valence-corrected chi connectivity index (χ0v) is 12.6. The fourth-order valence-corrected chi connectivity index (χ4v) is 2.94. The van der Waals surface area contributed by atoms with Crippen LogP contribution in [0.3, 0.4) is 0 Å². The van der Waals surface area contributed by atoms with E-state index in [2.05, 4.69) is 5.32 Å². The van der Waals surface area contributed by atoms with Gasteiger partial charge in [-0.15, -0.1) is 0 Å². The van der Waals surface area contributed by atoms with Crippen LogP contribution in [0.4, 0.5) is 0 Å². The number of ketones is 1. The van der Waals surface area contributed by atoms with Crippen LogP contribution in [-0.2, 0) is 11.2 Å². The number of aliphatic hydroxyl groups excluding tert-OH is 1. The van der Waals surface area contributed by atoms with Gasteiger partial charge in [0.15, 0.2) is 0 Å². The minimum absolute atomic E-state index is 0.0281. The van der Waals surface area contributed by atoms with Crippen LogP contribution in [0.5, 0.6) is 5.75 Å². The molecule has 21 heavy (non-hydrogen) atoms. The smallest absolute Gasteiger partial charge is 0.132 e. The van der Waals surface area contributed by atoms with E-state index in [1.807, 2.05) is 19.1 Å². The Labute approximate surface area is 126 Å². The highest BCUT2D eigenvalue weighted by molar-refractivity contribution is 5.79. The van der Waals surface area contributed by atoms with Gasteiger partial charge in [-0.05, 0) is 56.3 Å². The molecule has 0 saturated heterocycles. The quantitative estimate of drug-likeness (QED) is 0.750. The molecule has 1 saturated carbocycles. The van der Waals surface area contributed by atoms with Gasteiger partial charge in [-0.1, -0.05) is 12.1 Å². The average Bonchev–Trinajstić information content (AvgIpc) is 2.49. The molecular formula is C17H25NO3. The predicted molar refractivity (Wildman–Crippen MR) is 82.2 cm³/mol. The summed E-state index contributed by atoms with van der Waals surface area (Å²) in [6.07, 6.45) is 3.32. The van der Waals surface area contributed by atoms with Gasteiger partial charge in [-0.3, -0.25) is 4.79 Å². The number of carbonyl (C=O) groups is 1. The molecule has 2 atom stereocenters. The highest BCUT2D eigenvalue weighted by atomic mass is 16.3. The molecular weight excluding hydrogens is 266 g/mol. The van der Waals surface area contributed by atoms with Gasteiger partial charge in [-0.2, -0.15) is 0 Å². The summed E-state index contributed by atoms with van der Waals surface area (Å²) in [6, 6.07) is 7.22. The maximum atomic E-state index is 11.2. The van der Waals surface area contributed by atoms with Crippen LogP contribution >= 0.6 is 0 Å². The number of benzene rings is 1. The fourth-order valence-electron chi connectivity index (χ4n) is 2.94. The Morgan fingerprint density at radius 2 is 1.86 bits per heavy atom. The molecule has 1 fully saturated rings. The van der Waals surface area contributed by atoms with E-state index in [9.17, 15) is 15.0 Å². The first-order valence-corrected chi connectivity index (χ1v) is 7.77. The maximum Gasteiger partial charge on any atom is 0.132 e. The summed E-state index contributed by atoms with van der Waals surface area (Å²) in [6.45, 7) is 2.78. The third-order valence-electron chi connectivity index (χ3n) is 4.40. The van der Waals surface area contributed by atoms with Gasteiger partial charge in [0.2, 0.25) is 0 Å². The summed E-state index contributed by atoms with van der Waals surface area (Å²) >= 11 is 0. The first-order chi connectivity index (χ1) is 10.1. The molecule has 0 unspecified atom stereocenters. The number of hydrogen-bond acceptors (Lipinski definition) is 4. The predicted octanol–water partition coefficient (Wildman–Crippen LogP) is 2.03. The summed E-state index contributed by atoms with van der Waals surface area (Å²) in [5.74, 6) is 0.840. The summed E-state index contributed by atoms with van der Waals surface area (Å²) < 4.78 is 0. The molecule has 0 spiro atoms. The summed E-state index contributed by atoms with van der Waals surface area (Å²) in [7, 11) is 0. The lowest BCUT2D eigenvalue weighted by molar-refractivity contribution is -0.121. The van der Waals surface area contributed by atoms with Gasteiger partial charge >= 0.3 is 0 Å². The lowest BCUT2D eigenvalue weighted by Gasteiger charge is -2.30. The topological polar surface area (TPSA) is 69.6 Å². The SMILES string of the molecule is C[C@@H](NCCc1ccc(O)cc1)[C@H](O)C1CCC(=O)CC1. The molecule has 1 aromatic rings. The Kier molecular flexibility index (Phi) is 5.76. The Bertz CT molecular complexity index is 448. The van der Waals surface area contributed by atoms with Crippen molar-refractivity contribution in [2.75, 3.05) is 6.54 Å². The number of hydrogen-bond donors (Lipinski definition) is 3. The van der Waals surface area contributed by atoms with Crippen molar-refractivity contribution < 1.29 is 15.0 Å². The van der Waals surface area contributed by atoms with Crippen molar-refractivity contribution in [3.8, 4) is 5.75 Å². The molecule has 0 aromatic heterocycles. The molecule has 0 heterocycles. The molecule has 1 aliphatic rings. The number of nitrogens with one attached hydrogen (secondary N) is 1. The van der Waals surface area contributed by atoms with E-state index in [0.717, 1.165) is 31.4 Å². The summed E-state index contributed by atoms with van der Waals surface area (Å²) in [5.41, 5.74) is 1.16. The molecule has 116 valence electrons. The molecule has 1 aliphatic carbocycles. The minimum Gasteiger partial charge on any atom is -0.508 e. The number of aromatic hydroxyl groups is 1. The Morgan fingerprint density at radius 3 is 2.48 bits per heavy atom. The van der Waals surface area contributed by atoms with Gasteiger partial charge < -0.3 is 15.5 Å². The van der Waals surface area contributed by atoms with E-state index >= 15 is 0 Å². The zero-order valence-electron chi connectivity index (χ0n) is 12.6. The Balaban J connectivity index is 1.72. The van der Waals surface area contributed by atoms with E-state index in [4.69, 9.17) is 0 Å². The Hall–Kier alpha value is -1.39. The van der Waals surface area contributed by atoms with Crippen molar-refractivity contribution in [3.63, 3.8) is 0 Å². The fraction of sp³-hybridized carbons (Fsp3) is 0.588. The molecule has 0 amide bonds. The normalized spacial score (nSPS) is 19.4. The number of carbonyl (C=O) groups excluding carboxylic acids is 1. The number of phenols is 1. The first kappa shape index (κ1) is 16.0. The van der Waals surface area contributed by atoms with Crippen LogP contribution in [0.2, 0.25) is 0 Å². The van der Waals surface area contributed by atoms with Crippen molar-refractivity contribution in [1.82, 2.24) is 5.32 Å². The zero-order chi connectivity index (χ0) is 15.2. The number of phenolic OH excluding ortho intramolecular Hbond substituents is 1. The van der Waals surface area contributed by atoms with Gasteiger partial charge in [0, 0.05) is 18.9 Å². The van der Waals surface area contributed by atoms with Crippen molar-refractivity contribution >= 4 is 5.78 Å². The van der Waals surface area contributed by atoms with Crippen LogP contribution in [0, 0.1) is 5.92 Å². The van der Waals surface area contributed by atoms with E-state index in [-0.39, 0.29) is 17.7 Å². The van der Waals surface area contributed by atoms with E-state index in [0.29, 0.717) is 18.6 Å². The first-order valence-electron chi connectivity index (χ1n) is 7.77. The largest absolute Gasteiger partial charge is 0.508 e. The molecule has 0 aliphatic heterocycles. The van der Waals surface area contributed by atoms with Gasteiger partial charge in [0.05, 0.1) is 6.10 Å². The van der Waals surface area contributed by atoms with Crippen LogP contribution in [-0.4, -0.2) is 34.7 Å². The van der Waals surface area contributed by atoms with Crippen molar-refractivity contribution in [3.05, 3.63) is 29.8 Å². The third kappa shape index (κ3) is 4.83. The second kappa shape index (κ2) is 7.57. The molecule has 1 aromatic carbocycles. The lowest BCUT2D eigenvalue weighted by atomic mass is 9.82. The second-order valence-electron chi connectivity index (χ2n) is 6.03. The van der Waals surface area contributed by atoms with E-state index < -0.39 is 6.10 Å². The molecule has 4 nitrogen and oxygen atoms in total. The van der Waals surface area contributed by atoms with Gasteiger partial charge in [0.1, 0.15) is 11.5 Å². The van der Waals surface area contributed by atoms with Crippen LogP contribution in [0.15, 0.2) is 24.3 Å². The van der Waals surface area contributed by atoms with E-state index in [1.165, 1.54) is 0 Å². The van der Waals surface area contributed by atoms with Crippen LogP contribution in [0.1, 0.15) is 38.2 Å². The summed E-state index contributed by atoms with van der Waals surface area (Å²) in [4.78, 5) is 11.2. The molecule has 0 radical (unpaired) electrons. The lowest BCUT2D eigenvalue weighted by Crippen LogP contribution is -2.43. The monoisotopic (exact) mass is 291 g/mol. The van der Waals surface area contributed by atoms with Crippen molar-refractivity contribution in [2.45, 2.75) is 51.2 Å².